The van der Waals surface area contributed by atoms with Gasteiger partial charge in [-0.25, -0.2) is 0 Å². The van der Waals surface area contributed by atoms with Crippen LogP contribution in [0.4, 0.5) is 0 Å². The van der Waals surface area contributed by atoms with Crippen LogP contribution in [0.2, 0.25) is 0 Å². The lowest BCUT2D eigenvalue weighted by Gasteiger charge is -2.36. The van der Waals surface area contributed by atoms with Gasteiger partial charge in [0, 0.05) is 19.1 Å². The number of aliphatic carboxylic acids is 2. The first-order valence-corrected chi connectivity index (χ1v) is 5.27. The highest BCUT2D eigenvalue weighted by Gasteiger charge is 2.49. The van der Waals surface area contributed by atoms with Crippen LogP contribution in [-0.4, -0.2) is 46.2 Å². The zero-order valence-electron chi connectivity index (χ0n) is 8.48. The van der Waals surface area contributed by atoms with E-state index in [0.29, 0.717) is 19.1 Å². The SMILES string of the molecule is O=C(O)C1(C(=O)O)CCN(C2CC2)CC1. The molecule has 0 aromatic heterocycles. The number of rotatable bonds is 3. The van der Waals surface area contributed by atoms with Crippen LogP contribution in [-0.2, 0) is 9.59 Å². The van der Waals surface area contributed by atoms with Crippen molar-refractivity contribution < 1.29 is 19.8 Å². The third-order valence-corrected chi connectivity index (χ3v) is 3.53. The molecule has 1 aliphatic carbocycles. The molecular formula is C10H15NO4. The molecule has 2 N–H and O–H groups in total. The fourth-order valence-corrected chi connectivity index (χ4v) is 2.23. The van der Waals surface area contributed by atoms with Crippen LogP contribution in [0.5, 0.6) is 0 Å². The average Bonchev–Trinajstić information content (AvgIpc) is 3.00. The van der Waals surface area contributed by atoms with Gasteiger partial charge in [0.05, 0.1) is 0 Å². The van der Waals surface area contributed by atoms with E-state index in [1.807, 2.05) is 0 Å². The second-order valence-corrected chi connectivity index (χ2v) is 4.46. The number of piperidine rings is 1. The van der Waals surface area contributed by atoms with Gasteiger partial charge in [0.15, 0.2) is 5.41 Å². The molecule has 0 amide bonds. The monoisotopic (exact) mass is 213 g/mol. The molecule has 0 aromatic rings. The van der Waals surface area contributed by atoms with Crippen molar-refractivity contribution in [1.82, 2.24) is 4.90 Å². The van der Waals surface area contributed by atoms with Crippen molar-refractivity contribution in [3.05, 3.63) is 0 Å². The number of carboxylic acid groups (broad SMARTS) is 2. The molecule has 15 heavy (non-hydrogen) atoms. The maximum Gasteiger partial charge on any atom is 0.321 e. The Bertz CT molecular complexity index is 274. The Morgan fingerprint density at radius 2 is 1.53 bits per heavy atom. The van der Waals surface area contributed by atoms with E-state index in [1.165, 1.54) is 12.8 Å². The second-order valence-electron chi connectivity index (χ2n) is 4.46. The molecule has 0 spiro atoms. The second kappa shape index (κ2) is 3.48. The first-order chi connectivity index (χ1) is 7.06. The van der Waals surface area contributed by atoms with E-state index in [1.54, 1.807) is 0 Å². The molecule has 5 nitrogen and oxygen atoms in total. The molecule has 0 bridgehead atoms. The van der Waals surface area contributed by atoms with Gasteiger partial charge in [-0.05, 0) is 25.7 Å². The molecule has 5 heteroatoms. The summed E-state index contributed by atoms with van der Waals surface area (Å²) in [6.45, 7) is 1.20. The van der Waals surface area contributed by atoms with E-state index in [0.717, 1.165) is 0 Å². The highest BCUT2D eigenvalue weighted by molar-refractivity contribution is 5.98. The van der Waals surface area contributed by atoms with E-state index < -0.39 is 17.4 Å². The lowest BCUT2D eigenvalue weighted by Crippen LogP contribution is -2.49. The Kier molecular flexibility index (Phi) is 2.42. The van der Waals surface area contributed by atoms with Crippen molar-refractivity contribution in [2.45, 2.75) is 31.7 Å². The largest absolute Gasteiger partial charge is 0.480 e. The Morgan fingerprint density at radius 3 is 1.87 bits per heavy atom. The number of carboxylic acids is 2. The van der Waals surface area contributed by atoms with Crippen LogP contribution in [0.3, 0.4) is 0 Å². The van der Waals surface area contributed by atoms with Gasteiger partial charge in [-0.3, -0.25) is 9.59 Å². The maximum absolute atomic E-state index is 11.0. The normalized spacial score (nSPS) is 26.1. The number of hydrogen-bond acceptors (Lipinski definition) is 3. The van der Waals surface area contributed by atoms with E-state index in [-0.39, 0.29) is 12.8 Å². The Hall–Kier alpha value is -1.10. The predicted octanol–water partition coefficient (Wildman–Crippen LogP) is 0.400. The summed E-state index contributed by atoms with van der Waals surface area (Å²) in [5, 5.41) is 18.0. The maximum atomic E-state index is 11.0. The van der Waals surface area contributed by atoms with Gasteiger partial charge in [-0.1, -0.05) is 0 Å². The summed E-state index contributed by atoms with van der Waals surface area (Å²) in [5.74, 6) is -2.38. The van der Waals surface area contributed by atoms with Gasteiger partial charge in [0.25, 0.3) is 0 Å². The van der Waals surface area contributed by atoms with Crippen LogP contribution >= 0.6 is 0 Å². The first kappa shape index (κ1) is 10.4. The summed E-state index contributed by atoms with van der Waals surface area (Å²) in [6, 6.07) is 0.589. The minimum absolute atomic E-state index is 0.230. The quantitative estimate of drug-likeness (QED) is 0.663. The molecule has 0 atom stereocenters. The van der Waals surface area contributed by atoms with Crippen molar-refractivity contribution in [3.8, 4) is 0 Å². The van der Waals surface area contributed by atoms with E-state index in [9.17, 15) is 9.59 Å². The van der Waals surface area contributed by atoms with Crippen molar-refractivity contribution in [2.24, 2.45) is 5.41 Å². The predicted molar refractivity (Wildman–Crippen MR) is 51.5 cm³/mol. The molecule has 1 saturated carbocycles. The van der Waals surface area contributed by atoms with E-state index in [2.05, 4.69) is 4.90 Å². The molecule has 1 aliphatic heterocycles. The van der Waals surface area contributed by atoms with Crippen LogP contribution in [0, 0.1) is 5.41 Å². The van der Waals surface area contributed by atoms with Gasteiger partial charge in [-0.15, -0.1) is 0 Å². The zero-order chi connectivity index (χ0) is 11.1. The van der Waals surface area contributed by atoms with Crippen molar-refractivity contribution in [2.75, 3.05) is 13.1 Å². The van der Waals surface area contributed by atoms with Crippen molar-refractivity contribution in [3.63, 3.8) is 0 Å². The topological polar surface area (TPSA) is 77.8 Å². The lowest BCUT2D eigenvalue weighted by atomic mass is 9.78. The molecule has 1 heterocycles. The lowest BCUT2D eigenvalue weighted by molar-refractivity contribution is -0.168. The summed E-state index contributed by atoms with van der Waals surface area (Å²) in [6.07, 6.45) is 2.81. The molecule has 1 saturated heterocycles. The summed E-state index contributed by atoms with van der Waals surface area (Å²) in [7, 11) is 0. The Labute approximate surface area is 87.7 Å². The zero-order valence-corrected chi connectivity index (χ0v) is 8.48. The number of hydrogen-bond donors (Lipinski definition) is 2. The summed E-state index contributed by atoms with van der Waals surface area (Å²) >= 11 is 0. The van der Waals surface area contributed by atoms with E-state index in [4.69, 9.17) is 10.2 Å². The third-order valence-electron chi connectivity index (χ3n) is 3.53. The van der Waals surface area contributed by atoms with Crippen LogP contribution < -0.4 is 0 Å². The van der Waals surface area contributed by atoms with Gasteiger partial charge in [0.1, 0.15) is 0 Å². The number of nitrogens with zero attached hydrogens (tertiary/aromatic N) is 1. The minimum atomic E-state index is -1.54. The van der Waals surface area contributed by atoms with Crippen LogP contribution in [0.15, 0.2) is 0 Å². The highest BCUT2D eigenvalue weighted by atomic mass is 16.4. The molecular weight excluding hydrogens is 198 g/mol. The van der Waals surface area contributed by atoms with Gasteiger partial charge in [0.2, 0.25) is 0 Å². The van der Waals surface area contributed by atoms with Crippen LogP contribution in [0.25, 0.3) is 0 Å². The molecule has 0 aromatic carbocycles. The van der Waals surface area contributed by atoms with E-state index >= 15 is 0 Å². The Morgan fingerprint density at radius 1 is 1.07 bits per heavy atom. The fraction of sp³-hybridized carbons (Fsp3) is 0.800. The number of carbonyl (C=O) groups is 2. The summed E-state index contributed by atoms with van der Waals surface area (Å²) in [5.41, 5.74) is -1.54. The van der Waals surface area contributed by atoms with Crippen molar-refractivity contribution >= 4 is 11.9 Å². The minimum Gasteiger partial charge on any atom is -0.480 e. The fourth-order valence-electron chi connectivity index (χ4n) is 2.23. The smallest absolute Gasteiger partial charge is 0.321 e. The third kappa shape index (κ3) is 1.71. The highest BCUT2D eigenvalue weighted by Crippen LogP contribution is 2.37. The molecule has 84 valence electrons. The molecule has 0 radical (unpaired) electrons. The number of likely N-dealkylation sites (tertiary alicyclic amines) is 1. The molecule has 0 unspecified atom stereocenters. The van der Waals surface area contributed by atoms with Crippen LogP contribution in [0.1, 0.15) is 25.7 Å². The van der Waals surface area contributed by atoms with Gasteiger partial charge < -0.3 is 15.1 Å². The van der Waals surface area contributed by atoms with Gasteiger partial charge in [-0.2, -0.15) is 0 Å². The summed E-state index contributed by atoms with van der Waals surface area (Å²) in [4.78, 5) is 24.2. The molecule has 2 rings (SSSR count). The average molecular weight is 213 g/mol. The van der Waals surface area contributed by atoms with Crippen molar-refractivity contribution in [1.29, 1.82) is 0 Å². The first-order valence-electron chi connectivity index (χ1n) is 5.27. The molecule has 2 fully saturated rings. The molecule has 2 aliphatic rings. The Balaban J connectivity index is 2.04. The standard InChI is InChI=1S/C10H15NO4/c12-8(13)10(9(14)15)3-5-11(6-4-10)7-1-2-7/h7H,1-6H2,(H,12,13)(H,14,15). The summed E-state index contributed by atoms with van der Waals surface area (Å²) < 4.78 is 0. The van der Waals surface area contributed by atoms with Gasteiger partial charge >= 0.3 is 11.9 Å².